The van der Waals surface area contributed by atoms with Crippen LogP contribution in [-0.4, -0.2) is 38.7 Å². The maximum atomic E-state index is 15.2. The Morgan fingerprint density at radius 3 is 2.37 bits per heavy atom. The first-order valence-electron chi connectivity index (χ1n) is 11.7. The van der Waals surface area contributed by atoms with Gasteiger partial charge in [0.2, 0.25) is 0 Å². The van der Waals surface area contributed by atoms with Gasteiger partial charge in [-0.3, -0.25) is 0 Å². The quantitative estimate of drug-likeness (QED) is 0.318. The van der Waals surface area contributed by atoms with Crippen molar-refractivity contribution in [2.75, 3.05) is 26.4 Å². The summed E-state index contributed by atoms with van der Waals surface area (Å²) in [6.07, 6.45) is -3.02. The van der Waals surface area contributed by atoms with Gasteiger partial charge in [0.25, 0.3) is 0 Å². The second-order valence-electron chi connectivity index (χ2n) is 8.56. The van der Waals surface area contributed by atoms with E-state index >= 15 is 4.39 Å². The van der Waals surface area contributed by atoms with Gasteiger partial charge in [-0.2, -0.15) is 13.2 Å². The third-order valence-corrected chi connectivity index (χ3v) is 5.76. The molecule has 0 bridgehead atoms. The lowest BCUT2D eigenvalue weighted by atomic mass is 9.99. The van der Waals surface area contributed by atoms with Crippen molar-refractivity contribution in [1.29, 1.82) is 0 Å². The molecular formula is C27H28F4O4. The molecule has 0 aromatic heterocycles. The van der Waals surface area contributed by atoms with Crippen LogP contribution in [0, 0.1) is 5.82 Å². The molecule has 0 unspecified atom stereocenters. The zero-order valence-electron chi connectivity index (χ0n) is 19.4. The van der Waals surface area contributed by atoms with E-state index in [0.717, 1.165) is 22.9 Å². The molecule has 8 heteroatoms. The van der Waals surface area contributed by atoms with Crippen LogP contribution in [0.15, 0.2) is 54.6 Å². The Bertz CT molecular complexity index is 1110. The van der Waals surface area contributed by atoms with Crippen LogP contribution in [0.25, 0.3) is 10.8 Å². The molecule has 1 aliphatic heterocycles. The van der Waals surface area contributed by atoms with E-state index < -0.39 is 19.1 Å². The summed E-state index contributed by atoms with van der Waals surface area (Å²) in [6.45, 7) is 2.28. The van der Waals surface area contributed by atoms with Crippen molar-refractivity contribution in [3.63, 3.8) is 0 Å². The zero-order valence-corrected chi connectivity index (χ0v) is 19.4. The fraction of sp³-hybridized carbons (Fsp3) is 0.407. The van der Waals surface area contributed by atoms with E-state index in [9.17, 15) is 13.2 Å². The molecule has 35 heavy (non-hydrogen) atoms. The summed E-state index contributed by atoms with van der Waals surface area (Å²) in [5.41, 5.74) is 2.28. The van der Waals surface area contributed by atoms with Crippen molar-refractivity contribution in [3.8, 4) is 5.75 Å². The molecule has 0 aliphatic carbocycles. The number of fused-ring (bicyclic) bond motifs is 1. The summed E-state index contributed by atoms with van der Waals surface area (Å²) in [5.74, 6) is -0.133. The Morgan fingerprint density at radius 2 is 1.69 bits per heavy atom. The summed E-state index contributed by atoms with van der Waals surface area (Å²) in [6, 6.07) is 15.4. The van der Waals surface area contributed by atoms with Crippen molar-refractivity contribution >= 4 is 10.8 Å². The average Bonchev–Trinajstić information content (AvgIpc) is 2.86. The van der Waals surface area contributed by atoms with Crippen LogP contribution < -0.4 is 4.74 Å². The third kappa shape index (κ3) is 6.93. The molecule has 188 valence electrons. The van der Waals surface area contributed by atoms with Gasteiger partial charge in [0.1, 0.15) is 17.7 Å². The average molecular weight is 493 g/mol. The Balaban J connectivity index is 1.36. The van der Waals surface area contributed by atoms with E-state index in [-0.39, 0.29) is 17.7 Å². The minimum atomic E-state index is -4.38. The molecular weight excluding hydrogens is 464 g/mol. The van der Waals surface area contributed by atoms with E-state index in [1.165, 1.54) is 12.1 Å². The van der Waals surface area contributed by atoms with E-state index in [1.807, 2.05) is 25.1 Å². The summed E-state index contributed by atoms with van der Waals surface area (Å²) in [5, 5.41) is 1.27. The van der Waals surface area contributed by atoms with Crippen molar-refractivity contribution in [3.05, 3.63) is 77.1 Å². The number of aryl methyl sites for hydroxylation is 2. The molecule has 0 N–H and O–H groups in total. The van der Waals surface area contributed by atoms with E-state index in [2.05, 4.69) is 0 Å². The lowest BCUT2D eigenvalue weighted by Crippen LogP contribution is -2.33. The van der Waals surface area contributed by atoms with Gasteiger partial charge in [-0.25, -0.2) is 4.39 Å². The largest absolute Gasteiger partial charge is 0.484 e. The molecule has 0 spiro atoms. The van der Waals surface area contributed by atoms with E-state index in [1.54, 1.807) is 24.3 Å². The number of ether oxygens (including phenoxy) is 4. The van der Waals surface area contributed by atoms with Crippen molar-refractivity contribution in [2.24, 2.45) is 0 Å². The Hall–Kier alpha value is -2.68. The first kappa shape index (κ1) is 25.4. The van der Waals surface area contributed by atoms with Crippen molar-refractivity contribution in [1.82, 2.24) is 0 Å². The highest BCUT2D eigenvalue weighted by molar-refractivity contribution is 5.84. The molecule has 1 fully saturated rings. The van der Waals surface area contributed by atoms with Gasteiger partial charge < -0.3 is 18.9 Å². The van der Waals surface area contributed by atoms with Gasteiger partial charge >= 0.3 is 6.18 Å². The highest BCUT2D eigenvalue weighted by Crippen LogP contribution is 2.29. The van der Waals surface area contributed by atoms with Crippen molar-refractivity contribution in [2.45, 2.75) is 44.8 Å². The minimum absolute atomic E-state index is 0.0738. The molecule has 0 atom stereocenters. The summed E-state index contributed by atoms with van der Waals surface area (Å²) in [7, 11) is 0. The molecule has 4 nitrogen and oxygen atoms in total. The number of benzene rings is 3. The SMILES string of the molecule is CCCOC1COC(c2ccc3c(F)c(CCc4ccc(OCC(F)(F)F)cc4)ccc3c2)OC1. The highest BCUT2D eigenvalue weighted by atomic mass is 19.4. The zero-order chi connectivity index (χ0) is 24.8. The monoisotopic (exact) mass is 492 g/mol. The maximum Gasteiger partial charge on any atom is 0.422 e. The molecule has 0 saturated carbocycles. The standard InChI is InChI=1S/C27H28F4O4/c1-2-13-32-23-15-33-26(34-16-23)21-9-12-24-20(14-21)8-7-19(25(24)28)6-3-18-4-10-22(11-5-18)35-17-27(29,30)31/h4-5,7-12,14,23,26H,2-3,6,13,15-17H2,1H3. The van der Waals surface area contributed by atoms with Crippen LogP contribution in [0.4, 0.5) is 17.6 Å². The fourth-order valence-corrected chi connectivity index (χ4v) is 3.95. The summed E-state index contributed by atoms with van der Waals surface area (Å²) >= 11 is 0. The predicted octanol–water partition coefficient (Wildman–Crippen LogP) is 6.55. The maximum absolute atomic E-state index is 15.2. The van der Waals surface area contributed by atoms with Gasteiger partial charge in [0, 0.05) is 17.6 Å². The molecule has 3 aromatic rings. The van der Waals surface area contributed by atoms with Crippen LogP contribution >= 0.6 is 0 Å². The second kappa shape index (κ2) is 11.4. The summed E-state index contributed by atoms with van der Waals surface area (Å²) in [4.78, 5) is 0. The molecule has 0 amide bonds. The smallest absolute Gasteiger partial charge is 0.422 e. The van der Waals surface area contributed by atoms with E-state index in [0.29, 0.717) is 43.6 Å². The Labute approximate surface area is 201 Å². The van der Waals surface area contributed by atoms with Gasteiger partial charge in [0.05, 0.1) is 13.2 Å². The molecule has 3 aromatic carbocycles. The van der Waals surface area contributed by atoms with Crippen LogP contribution in [0.2, 0.25) is 0 Å². The van der Waals surface area contributed by atoms with Gasteiger partial charge in [-0.15, -0.1) is 0 Å². The van der Waals surface area contributed by atoms with Crippen LogP contribution in [0.3, 0.4) is 0 Å². The van der Waals surface area contributed by atoms with Gasteiger partial charge in [-0.1, -0.05) is 43.3 Å². The number of hydrogen-bond donors (Lipinski definition) is 0. The molecule has 1 saturated heterocycles. The molecule has 4 rings (SSSR count). The highest BCUT2D eigenvalue weighted by Gasteiger charge is 2.28. The second-order valence-corrected chi connectivity index (χ2v) is 8.56. The van der Waals surface area contributed by atoms with Crippen LogP contribution in [0.1, 0.15) is 36.3 Å². The Kier molecular flexibility index (Phi) is 8.26. The number of hydrogen-bond acceptors (Lipinski definition) is 4. The summed E-state index contributed by atoms with van der Waals surface area (Å²) < 4.78 is 74.0. The van der Waals surface area contributed by atoms with Crippen LogP contribution in [0.5, 0.6) is 5.75 Å². The molecule has 0 radical (unpaired) electrons. The fourth-order valence-electron chi connectivity index (χ4n) is 3.95. The van der Waals surface area contributed by atoms with E-state index in [4.69, 9.17) is 18.9 Å². The topological polar surface area (TPSA) is 36.9 Å². The number of rotatable bonds is 9. The molecule has 1 heterocycles. The third-order valence-electron chi connectivity index (χ3n) is 5.76. The van der Waals surface area contributed by atoms with Gasteiger partial charge in [-0.05, 0) is 54.0 Å². The van der Waals surface area contributed by atoms with Gasteiger partial charge in [0.15, 0.2) is 12.9 Å². The predicted molar refractivity (Wildman–Crippen MR) is 124 cm³/mol. The van der Waals surface area contributed by atoms with Crippen LogP contribution in [-0.2, 0) is 27.1 Å². The number of halogens is 4. The normalized spacial score (nSPS) is 18.7. The number of alkyl halides is 3. The minimum Gasteiger partial charge on any atom is -0.484 e. The first-order chi connectivity index (χ1) is 16.8. The first-order valence-corrected chi connectivity index (χ1v) is 11.7. The Morgan fingerprint density at radius 1 is 0.943 bits per heavy atom. The molecule has 1 aliphatic rings. The van der Waals surface area contributed by atoms with Crippen molar-refractivity contribution < 1.29 is 36.5 Å². The lowest BCUT2D eigenvalue weighted by Gasteiger charge is -2.29. The lowest BCUT2D eigenvalue weighted by molar-refractivity contribution is -0.230.